The first-order chi connectivity index (χ1) is 13.5. The van der Waals surface area contributed by atoms with Crippen molar-refractivity contribution in [3.8, 4) is 11.5 Å². The molecule has 28 heavy (non-hydrogen) atoms. The minimum absolute atomic E-state index is 0.130. The van der Waals surface area contributed by atoms with Crippen LogP contribution in [0.4, 0.5) is 0 Å². The van der Waals surface area contributed by atoms with E-state index in [9.17, 15) is 24.9 Å². The first kappa shape index (κ1) is 16.7. The van der Waals surface area contributed by atoms with Gasteiger partial charge in [0, 0.05) is 28.2 Å². The second-order valence-corrected chi connectivity index (χ2v) is 7.19. The van der Waals surface area contributed by atoms with Gasteiger partial charge < -0.3 is 15.3 Å². The van der Waals surface area contributed by atoms with Crippen LogP contribution in [0.2, 0.25) is 0 Å². The maximum Gasteiger partial charge on any atom is 0.198 e. The van der Waals surface area contributed by atoms with E-state index in [4.69, 9.17) is 0 Å². The number of phenols is 2. The summed E-state index contributed by atoms with van der Waals surface area (Å²) in [5.74, 6) is -2.17. The average molecular weight is 372 g/mol. The van der Waals surface area contributed by atoms with Gasteiger partial charge in [-0.05, 0) is 12.0 Å². The Morgan fingerprint density at radius 2 is 1.21 bits per heavy atom. The van der Waals surface area contributed by atoms with Crippen molar-refractivity contribution in [2.24, 2.45) is 0 Å². The van der Waals surface area contributed by atoms with Crippen LogP contribution in [0.25, 0.3) is 0 Å². The van der Waals surface area contributed by atoms with Crippen LogP contribution >= 0.6 is 0 Å². The summed E-state index contributed by atoms with van der Waals surface area (Å²) in [6.45, 7) is 0. The van der Waals surface area contributed by atoms with Crippen LogP contribution in [-0.2, 0) is 0 Å². The van der Waals surface area contributed by atoms with Crippen LogP contribution in [-0.4, -0.2) is 26.9 Å². The van der Waals surface area contributed by atoms with Gasteiger partial charge >= 0.3 is 0 Å². The summed E-state index contributed by atoms with van der Waals surface area (Å²) >= 11 is 0. The highest BCUT2D eigenvalue weighted by molar-refractivity contribution is 6.30. The van der Waals surface area contributed by atoms with Gasteiger partial charge in [-0.3, -0.25) is 9.59 Å². The third-order valence-corrected chi connectivity index (χ3v) is 5.74. The predicted molar refractivity (Wildman–Crippen MR) is 101 cm³/mol. The summed E-state index contributed by atoms with van der Waals surface area (Å²) in [6, 6.07) is 15.6. The Balaban J connectivity index is 1.82. The monoisotopic (exact) mass is 372 g/mol. The van der Waals surface area contributed by atoms with Gasteiger partial charge in [0.1, 0.15) is 11.5 Å². The van der Waals surface area contributed by atoms with E-state index in [2.05, 4.69) is 0 Å². The van der Waals surface area contributed by atoms with E-state index in [1.165, 1.54) is 12.1 Å². The normalized spacial score (nSPS) is 19.9. The molecule has 2 aliphatic rings. The van der Waals surface area contributed by atoms with Crippen molar-refractivity contribution < 1.29 is 24.9 Å². The Morgan fingerprint density at radius 3 is 1.79 bits per heavy atom. The number of hydrogen-bond acceptors (Lipinski definition) is 5. The molecule has 5 heteroatoms. The summed E-state index contributed by atoms with van der Waals surface area (Å²) in [6.07, 6.45) is -0.796. The van der Waals surface area contributed by atoms with E-state index in [-0.39, 0.29) is 45.9 Å². The van der Waals surface area contributed by atoms with Crippen molar-refractivity contribution in [1.29, 1.82) is 0 Å². The van der Waals surface area contributed by atoms with Crippen molar-refractivity contribution in [1.82, 2.24) is 0 Å². The van der Waals surface area contributed by atoms with E-state index < -0.39 is 23.4 Å². The molecule has 0 spiro atoms. The number of rotatable bonds is 1. The van der Waals surface area contributed by atoms with Crippen LogP contribution in [0, 0.1) is 0 Å². The quantitative estimate of drug-likeness (QED) is 0.445. The van der Waals surface area contributed by atoms with E-state index in [0.717, 1.165) is 5.56 Å². The molecular formula is C23H16O5. The zero-order valence-electron chi connectivity index (χ0n) is 14.7. The number of benzene rings is 3. The molecule has 0 radical (unpaired) electrons. The number of aromatic hydroxyl groups is 2. The van der Waals surface area contributed by atoms with E-state index in [1.54, 1.807) is 12.1 Å². The molecule has 0 saturated carbocycles. The molecular weight excluding hydrogens is 356 g/mol. The zero-order chi connectivity index (χ0) is 19.6. The Hall–Kier alpha value is -3.44. The first-order valence-corrected chi connectivity index (χ1v) is 9.03. The maximum absolute atomic E-state index is 13.1. The fourth-order valence-corrected chi connectivity index (χ4v) is 4.49. The zero-order valence-corrected chi connectivity index (χ0v) is 14.7. The Labute approximate surface area is 160 Å². The van der Waals surface area contributed by atoms with Crippen LogP contribution < -0.4 is 0 Å². The molecule has 3 aromatic rings. The summed E-state index contributed by atoms with van der Waals surface area (Å²) in [5.41, 5.74) is 1.26. The Kier molecular flexibility index (Phi) is 3.45. The number of fused-ring (bicyclic) bond motifs is 3. The molecule has 0 amide bonds. The Bertz CT molecular complexity index is 1160. The number of hydrogen-bond donors (Lipinski definition) is 3. The van der Waals surface area contributed by atoms with Crippen molar-refractivity contribution in [2.45, 2.75) is 18.4 Å². The summed E-state index contributed by atoms with van der Waals surface area (Å²) < 4.78 is 0. The summed E-state index contributed by atoms with van der Waals surface area (Å²) in [5, 5.41) is 32.5. The van der Waals surface area contributed by atoms with Crippen LogP contribution in [0.15, 0.2) is 54.6 Å². The van der Waals surface area contributed by atoms with Crippen molar-refractivity contribution in [2.75, 3.05) is 0 Å². The molecule has 5 rings (SSSR count). The first-order valence-electron chi connectivity index (χ1n) is 9.03. The third-order valence-electron chi connectivity index (χ3n) is 5.74. The average Bonchev–Trinajstić information content (AvgIpc) is 3.07. The van der Waals surface area contributed by atoms with E-state index >= 15 is 0 Å². The molecule has 2 unspecified atom stereocenters. The lowest BCUT2D eigenvalue weighted by atomic mass is 9.79. The molecule has 5 nitrogen and oxygen atoms in total. The smallest absolute Gasteiger partial charge is 0.198 e. The molecule has 3 N–H and O–H groups in total. The van der Waals surface area contributed by atoms with Gasteiger partial charge in [0.2, 0.25) is 0 Å². The number of carbonyl (C=O) groups excluding carboxylic acids is 2. The van der Waals surface area contributed by atoms with Crippen molar-refractivity contribution in [3.05, 3.63) is 93.5 Å². The lowest BCUT2D eigenvalue weighted by molar-refractivity contribution is 0.0973. The molecule has 138 valence electrons. The minimum atomic E-state index is -1.04. The molecule has 2 atom stereocenters. The maximum atomic E-state index is 13.1. The highest BCUT2D eigenvalue weighted by Crippen LogP contribution is 2.55. The second-order valence-electron chi connectivity index (χ2n) is 7.19. The molecule has 3 aromatic carbocycles. The highest BCUT2D eigenvalue weighted by atomic mass is 16.3. The molecule has 0 heterocycles. The number of aliphatic hydroxyl groups is 1. The van der Waals surface area contributed by atoms with Crippen molar-refractivity contribution >= 4 is 11.6 Å². The fraction of sp³-hybridized carbons (Fsp3) is 0.130. The summed E-state index contributed by atoms with van der Waals surface area (Å²) in [7, 11) is 0. The largest absolute Gasteiger partial charge is 0.507 e. The van der Waals surface area contributed by atoms with Crippen molar-refractivity contribution in [3.63, 3.8) is 0 Å². The van der Waals surface area contributed by atoms with E-state index in [0.29, 0.717) is 5.56 Å². The van der Waals surface area contributed by atoms with Gasteiger partial charge in [0.25, 0.3) is 0 Å². The fourth-order valence-electron chi connectivity index (χ4n) is 4.49. The molecule has 0 fully saturated rings. The lowest BCUT2D eigenvalue weighted by Crippen LogP contribution is -2.22. The van der Waals surface area contributed by atoms with Gasteiger partial charge in [-0.1, -0.05) is 54.6 Å². The highest BCUT2D eigenvalue weighted by Gasteiger charge is 2.43. The number of carbonyl (C=O) groups is 2. The second kappa shape index (κ2) is 5.78. The van der Waals surface area contributed by atoms with E-state index in [1.807, 2.05) is 30.3 Å². The number of aliphatic hydroxyl groups excluding tert-OH is 1. The van der Waals surface area contributed by atoms with Gasteiger partial charge in [0.05, 0.1) is 17.2 Å². The van der Waals surface area contributed by atoms with Gasteiger partial charge in [-0.2, -0.15) is 0 Å². The summed E-state index contributed by atoms with van der Waals surface area (Å²) in [4.78, 5) is 26.0. The molecule has 0 aliphatic heterocycles. The van der Waals surface area contributed by atoms with Gasteiger partial charge in [-0.25, -0.2) is 0 Å². The van der Waals surface area contributed by atoms with Gasteiger partial charge in [-0.15, -0.1) is 0 Å². The topological polar surface area (TPSA) is 94.8 Å². The predicted octanol–water partition coefficient (Wildman–Crippen LogP) is 3.44. The SMILES string of the molecule is O=C1c2ccccc2C(=O)c2c(O)c3c(c(O)c21)C(O)CC3c1ccccc1. The minimum Gasteiger partial charge on any atom is -0.507 e. The van der Waals surface area contributed by atoms with Crippen LogP contribution in [0.1, 0.15) is 67.0 Å². The number of phenolic OH excluding ortho intramolecular Hbond substituents is 2. The molecule has 2 aliphatic carbocycles. The lowest BCUT2D eigenvalue weighted by Gasteiger charge is -2.23. The standard InChI is InChI=1S/C23H16O5/c24-15-10-14(11-6-2-1-3-7-11)16-17(15)23(28)19-18(22(16)27)20(25)12-8-4-5-9-13(12)21(19)26/h1-9,14-15,24,27-28H,10H2. The van der Waals surface area contributed by atoms with Crippen LogP contribution in [0.5, 0.6) is 11.5 Å². The Morgan fingerprint density at radius 1 is 0.714 bits per heavy atom. The van der Waals surface area contributed by atoms with Gasteiger partial charge in [0.15, 0.2) is 11.6 Å². The molecule has 0 aromatic heterocycles. The third kappa shape index (κ3) is 2.05. The number of ketones is 2. The molecule has 0 bridgehead atoms. The van der Waals surface area contributed by atoms with Crippen LogP contribution in [0.3, 0.4) is 0 Å². The molecule has 0 saturated heterocycles.